The van der Waals surface area contributed by atoms with Gasteiger partial charge in [-0.3, -0.25) is 0 Å². The first-order valence-corrected chi connectivity index (χ1v) is 9.61. The van der Waals surface area contributed by atoms with Crippen LogP contribution in [0.25, 0.3) is 0 Å². The Morgan fingerprint density at radius 1 is 1.00 bits per heavy atom. The first-order valence-electron chi connectivity index (χ1n) is 8.82. The molecule has 0 amide bonds. The molecule has 2 heterocycles. The highest BCUT2D eigenvalue weighted by Gasteiger charge is 2.37. The highest BCUT2D eigenvalue weighted by Crippen LogP contribution is 2.39. The Labute approximate surface area is 163 Å². The summed E-state index contributed by atoms with van der Waals surface area (Å²) in [6.07, 6.45) is 0.598. The van der Waals surface area contributed by atoms with Gasteiger partial charge in [0.05, 0.1) is 32.3 Å². The Bertz CT molecular complexity index is 616. The van der Waals surface area contributed by atoms with Crippen molar-refractivity contribution in [2.45, 2.75) is 37.2 Å². The summed E-state index contributed by atoms with van der Waals surface area (Å²) in [4.78, 5) is -3.80. The molecule has 2 aliphatic heterocycles. The van der Waals surface area contributed by atoms with Crippen LogP contribution < -0.4 is 0 Å². The average molecular weight is 457 g/mol. The van der Waals surface area contributed by atoms with Crippen LogP contribution in [0.3, 0.4) is 0 Å². The normalized spacial score (nSPS) is 29.7. The van der Waals surface area contributed by atoms with Crippen LogP contribution in [0.5, 0.6) is 0 Å². The molecule has 0 spiro atoms. The van der Waals surface area contributed by atoms with E-state index in [2.05, 4.69) is 6.92 Å². The lowest BCUT2D eigenvalue weighted by Gasteiger charge is -2.37. The lowest BCUT2D eigenvalue weighted by Crippen LogP contribution is -2.43. The largest absolute Gasteiger partial charge is 0.352 e. The van der Waals surface area contributed by atoms with Crippen LogP contribution in [0.15, 0.2) is 12.1 Å². The topological polar surface area (TPSA) is 36.9 Å². The molecule has 0 bridgehead atoms. The minimum atomic E-state index is -3.80. The van der Waals surface area contributed by atoms with Gasteiger partial charge in [-0.2, -0.15) is 8.78 Å². The Morgan fingerprint density at radius 2 is 1.56 bits per heavy atom. The molecule has 3 rings (SSSR count). The van der Waals surface area contributed by atoms with Crippen molar-refractivity contribution in [1.82, 2.24) is 0 Å². The Morgan fingerprint density at radius 3 is 2.04 bits per heavy atom. The predicted molar refractivity (Wildman–Crippen MR) is 91.4 cm³/mol. The van der Waals surface area contributed by atoms with Crippen molar-refractivity contribution >= 4 is 15.9 Å². The van der Waals surface area contributed by atoms with Gasteiger partial charge in [0, 0.05) is 11.5 Å². The standard InChI is InChI=1S/C18H21BrF4O4/c1-2-3-10-6-24-17(25-7-10)12-8-26-16(27-9-12)11-4-13(20)15(14(21)5-11)18(19,22)23/h4-5,10,12,16-17H,2-3,6-9H2,1H3. The highest BCUT2D eigenvalue weighted by atomic mass is 79.9. The summed E-state index contributed by atoms with van der Waals surface area (Å²) in [5, 5.41) is 0. The number of hydrogen-bond donors (Lipinski definition) is 0. The van der Waals surface area contributed by atoms with Gasteiger partial charge in [-0.1, -0.05) is 13.3 Å². The molecule has 0 unspecified atom stereocenters. The third-order valence-corrected chi connectivity index (χ3v) is 5.01. The summed E-state index contributed by atoms with van der Waals surface area (Å²) in [5.74, 6) is -2.55. The second-order valence-electron chi connectivity index (χ2n) is 6.81. The molecule has 2 aliphatic rings. The first kappa shape index (κ1) is 21.0. The van der Waals surface area contributed by atoms with Crippen molar-refractivity contribution in [3.05, 3.63) is 34.9 Å². The molecule has 27 heavy (non-hydrogen) atoms. The van der Waals surface area contributed by atoms with Crippen LogP contribution >= 0.6 is 15.9 Å². The summed E-state index contributed by atoms with van der Waals surface area (Å²) in [6, 6.07) is 1.59. The molecule has 1 aromatic carbocycles. The monoisotopic (exact) mass is 456 g/mol. The van der Waals surface area contributed by atoms with Gasteiger partial charge >= 0.3 is 4.83 Å². The minimum absolute atomic E-state index is 0.00237. The van der Waals surface area contributed by atoms with E-state index in [9.17, 15) is 17.6 Å². The number of rotatable bonds is 5. The van der Waals surface area contributed by atoms with Gasteiger partial charge in [-0.25, -0.2) is 8.78 Å². The molecule has 0 aliphatic carbocycles. The zero-order chi connectivity index (χ0) is 19.6. The van der Waals surface area contributed by atoms with Gasteiger partial charge in [0.1, 0.15) is 17.2 Å². The zero-order valence-corrected chi connectivity index (χ0v) is 16.3. The maximum Gasteiger partial charge on any atom is 0.332 e. The molecule has 0 atom stereocenters. The highest BCUT2D eigenvalue weighted by molar-refractivity contribution is 9.09. The lowest BCUT2D eigenvalue weighted by molar-refractivity contribution is -0.283. The number of ether oxygens (including phenoxy) is 4. The smallest absolute Gasteiger partial charge is 0.332 e. The van der Waals surface area contributed by atoms with E-state index in [1.54, 1.807) is 0 Å². The van der Waals surface area contributed by atoms with E-state index in [1.807, 2.05) is 15.9 Å². The number of hydrogen-bond acceptors (Lipinski definition) is 4. The average Bonchev–Trinajstić information content (AvgIpc) is 2.61. The third-order valence-electron chi connectivity index (χ3n) is 4.62. The van der Waals surface area contributed by atoms with E-state index in [4.69, 9.17) is 18.9 Å². The molecule has 0 radical (unpaired) electrons. The van der Waals surface area contributed by atoms with Crippen molar-refractivity contribution in [3.63, 3.8) is 0 Å². The molecular weight excluding hydrogens is 436 g/mol. The van der Waals surface area contributed by atoms with E-state index in [1.165, 1.54) is 0 Å². The lowest BCUT2D eigenvalue weighted by atomic mass is 10.0. The van der Waals surface area contributed by atoms with Gasteiger partial charge in [0.2, 0.25) is 0 Å². The Balaban J connectivity index is 1.58. The van der Waals surface area contributed by atoms with Gasteiger partial charge in [0.25, 0.3) is 0 Å². The number of halogens is 5. The van der Waals surface area contributed by atoms with Gasteiger partial charge < -0.3 is 18.9 Å². The third kappa shape index (κ3) is 5.00. The molecule has 9 heteroatoms. The van der Waals surface area contributed by atoms with Gasteiger partial charge in [-0.15, -0.1) is 0 Å². The Kier molecular flexibility index (Phi) is 6.79. The summed E-state index contributed by atoms with van der Waals surface area (Å²) in [6.45, 7) is 3.72. The van der Waals surface area contributed by atoms with Crippen LogP contribution in [0.1, 0.15) is 37.2 Å². The quantitative estimate of drug-likeness (QED) is 0.468. The molecule has 152 valence electrons. The predicted octanol–water partition coefficient (Wildman–Crippen LogP) is 4.86. The minimum Gasteiger partial charge on any atom is -0.352 e. The molecule has 4 nitrogen and oxygen atoms in total. The summed E-state index contributed by atoms with van der Waals surface area (Å²) < 4.78 is 76.8. The fraction of sp³-hybridized carbons (Fsp3) is 0.667. The van der Waals surface area contributed by atoms with E-state index < -0.39 is 34.6 Å². The Hall–Kier alpha value is -0.740. The van der Waals surface area contributed by atoms with Crippen LogP contribution in [-0.2, 0) is 23.8 Å². The molecule has 2 fully saturated rings. The van der Waals surface area contributed by atoms with Crippen molar-refractivity contribution in [2.24, 2.45) is 11.8 Å². The van der Waals surface area contributed by atoms with Gasteiger partial charge in [-0.05, 0) is 34.5 Å². The van der Waals surface area contributed by atoms with Crippen molar-refractivity contribution in [3.8, 4) is 0 Å². The maximum atomic E-state index is 13.9. The van der Waals surface area contributed by atoms with Crippen molar-refractivity contribution in [1.29, 1.82) is 0 Å². The van der Waals surface area contributed by atoms with E-state index >= 15 is 0 Å². The molecule has 0 N–H and O–H groups in total. The van der Waals surface area contributed by atoms with Crippen LogP contribution in [0, 0.1) is 23.5 Å². The SMILES string of the molecule is CCCC1COC(C2COC(c3cc(F)c(C(F)(F)Br)c(F)c3)OC2)OC1. The molecular formula is C18H21BrF4O4. The fourth-order valence-corrected chi connectivity index (χ4v) is 3.65. The van der Waals surface area contributed by atoms with Gasteiger partial charge in [0.15, 0.2) is 12.6 Å². The molecule has 0 aromatic heterocycles. The second kappa shape index (κ2) is 8.73. The van der Waals surface area contributed by atoms with E-state index in [-0.39, 0.29) is 24.7 Å². The van der Waals surface area contributed by atoms with Crippen molar-refractivity contribution < 1.29 is 36.5 Å². The molecule has 1 aromatic rings. The summed E-state index contributed by atoms with van der Waals surface area (Å²) in [5.41, 5.74) is -1.34. The fourth-order valence-electron chi connectivity index (χ4n) is 3.27. The van der Waals surface area contributed by atoms with Crippen LogP contribution in [0.4, 0.5) is 17.6 Å². The van der Waals surface area contributed by atoms with E-state index in [0.717, 1.165) is 25.0 Å². The molecule has 2 saturated heterocycles. The van der Waals surface area contributed by atoms with Crippen molar-refractivity contribution in [2.75, 3.05) is 26.4 Å². The summed E-state index contributed by atoms with van der Waals surface area (Å²) in [7, 11) is 0. The molecule has 0 saturated carbocycles. The zero-order valence-electron chi connectivity index (χ0n) is 14.7. The maximum absolute atomic E-state index is 13.9. The summed E-state index contributed by atoms with van der Waals surface area (Å²) >= 11 is 1.97. The van der Waals surface area contributed by atoms with E-state index in [0.29, 0.717) is 19.1 Å². The first-order chi connectivity index (χ1) is 12.8. The number of alkyl halides is 3. The second-order valence-corrected chi connectivity index (χ2v) is 7.80. The van der Waals surface area contributed by atoms with Crippen LogP contribution in [0.2, 0.25) is 0 Å². The number of benzene rings is 1. The van der Waals surface area contributed by atoms with Crippen LogP contribution in [-0.4, -0.2) is 32.7 Å².